The van der Waals surface area contributed by atoms with Crippen LogP contribution >= 0.6 is 8.25 Å². The lowest BCUT2D eigenvalue weighted by molar-refractivity contribution is -0.894. The molecule has 21 heteroatoms. The van der Waals surface area contributed by atoms with Crippen LogP contribution in [0.1, 0.15) is 69.2 Å². The third kappa shape index (κ3) is 15.5. The summed E-state index contributed by atoms with van der Waals surface area (Å²) >= 11 is 0. The monoisotopic (exact) mass is 884 g/mol. The van der Waals surface area contributed by atoms with Crippen molar-refractivity contribution in [3.05, 3.63) is 71.8 Å². The molecular weight excluding hydrogens is 832 g/mol. The second-order valence-corrected chi connectivity index (χ2v) is 14.1. The largest absolute Gasteiger partial charge is 0.566 e. The van der Waals surface area contributed by atoms with E-state index in [9.17, 15) is 42.6 Å². The summed E-state index contributed by atoms with van der Waals surface area (Å²) in [5, 5.41) is 0. The highest BCUT2D eigenvalue weighted by Gasteiger charge is 2.58. The first-order valence-corrected chi connectivity index (χ1v) is 20.5. The molecule has 2 aliphatic heterocycles. The normalized spacial score (nSPS) is 26.0. The van der Waals surface area contributed by atoms with Gasteiger partial charge in [-0.2, -0.15) is 0 Å². The molecule has 2 heterocycles. The molecule has 2 aromatic carbocycles. The summed E-state index contributed by atoms with van der Waals surface area (Å²) in [7, 11) is -3.76. The van der Waals surface area contributed by atoms with Crippen LogP contribution in [-0.4, -0.2) is 130 Å². The lowest BCUT2D eigenvalue weighted by Crippen LogP contribution is -3.11. The molecule has 0 amide bonds. The zero-order chi connectivity index (χ0) is 45.2. The minimum Gasteiger partial charge on any atom is -0.566 e. The van der Waals surface area contributed by atoms with Gasteiger partial charge in [0.05, 0.1) is 30.8 Å². The summed E-state index contributed by atoms with van der Waals surface area (Å²) in [6.45, 7) is 12.4. The molecule has 61 heavy (non-hydrogen) atoms. The number of quaternary nitrogens is 1. The van der Waals surface area contributed by atoms with Crippen molar-refractivity contribution >= 4 is 44.1 Å². The van der Waals surface area contributed by atoms with E-state index in [1.54, 1.807) is 17.0 Å². The molecule has 0 saturated carbocycles. The maximum absolute atomic E-state index is 15.0. The van der Waals surface area contributed by atoms with E-state index in [0.717, 1.165) is 27.7 Å². The smallest absolute Gasteiger partial charge is 0.491 e. The van der Waals surface area contributed by atoms with Gasteiger partial charge < -0.3 is 52.4 Å². The van der Waals surface area contributed by atoms with E-state index in [1.165, 1.54) is 68.2 Å². The van der Waals surface area contributed by atoms with E-state index in [4.69, 9.17) is 47.2 Å². The Hall–Kier alpha value is -4.95. The fourth-order valence-corrected chi connectivity index (χ4v) is 6.67. The maximum Gasteiger partial charge on any atom is 0.491 e. The number of alkyl halides is 1. The Morgan fingerprint density at radius 2 is 1.03 bits per heavy atom. The van der Waals surface area contributed by atoms with Gasteiger partial charge in [0.1, 0.15) is 31.6 Å². The molecule has 336 valence electrons. The molecule has 2 aliphatic rings. The molecule has 2 fully saturated rings. The van der Waals surface area contributed by atoms with E-state index in [1.807, 2.05) is 0 Å². The minimum absolute atomic E-state index is 0.0411. The number of hydrogen-bond donors (Lipinski definition) is 1. The standard InChI is InChI=1S/C34H36FO18P.C6H15N/c1-17(36)44-16-24-26(45-18(2)37)27(46-19(3)38)29(47-20(4)39)33(49-24)52-25-23(15-35)48-34(53-54(42)43)30(51-32(41)22-13-9-6-10-14-22)28(25)50-31(40)21-11-7-5-8-12-21;1-4-7(5-2)6-3/h5-14,23-30,33-34H,15-16H2,1-4H3;4-6H2,1-3H3/p+1/t23-,24-,25-,26+,27+,28+,29-,30+,33+,34-;/m1./s1. The first kappa shape index (κ1) is 50.4. The quantitative estimate of drug-likeness (QED) is 0.135. The average Bonchev–Trinajstić information content (AvgIpc) is 3.21. The number of hydrogen-bond acceptors (Lipinski definition) is 18. The zero-order valence-electron chi connectivity index (χ0n) is 34.8. The number of benzene rings is 2. The predicted octanol–water partition coefficient (Wildman–Crippen LogP) is 1.57. The van der Waals surface area contributed by atoms with Crippen molar-refractivity contribution in [1.29, 1.82) is 0 Å². The molecule has 0 spiro atoms. The molecule has 4 rings (SSSR count). The van der Waals surface area contributed by atoms with E-state index in [-0.39, 0.29) is 11.1 Å². The molecule has 0 aromatic heterocycles. The summed E-state index contributed by atoms with van der Waals surface area (Å²) in [6.07, 6.45) is -18.5. The van der Waals surface area contributed by atoms with Crippen molar-refractivity contribution in [2.45, 2.75) is 110 Å². The van der Waals surface area contributed by atoms with Crippen molar-refractivity contribution in [1.82, 2.24) is 0 Å². The van der Waals surface area contributed by atoms with Crippen molar-refractivity contribution < 1.29 is 94.7 Å². The van der Waals surface area contributed by atoms with Crippen molar-refractivity contribution in [3.8, 4) is 0 Å². The van der Waals surface area contributed by atoms with Crippen LogP contribution in [0.15, 0.2) is 60.7 Å². The summed E-state index contributed by atoms with van der Waals surface area (Å²) in [4.78, 5) is 89.1. The zero-order valence-corrected chi connectivity index (χ0v) is 35.7. The highest BCUT2D eigenvalue weighted by molar-refractivity contribution is 7.30. The summed E-state index contributed by atoms with van der Waals surface area (Å²) in [5.41, 5.74) is -0.0899. The predicted molar refractivity (Wildman–Crippen MR) is 204 cm³/mol. The van der Waals surface area contributed by atoms with Crippen LogP contribution in [0.3, 0.4) is 0 Å². The molecule has 0 aliphatic carbocycles. The van der Waals surface area contributed by atoms with Gasteiger partial charge in [-0.15, -0.1) is 4.52 Å². The van der Waals surface area contributed by atoms with Crippen LogP contribution in [0.5, 0.6) is 0 Å². The van der Waals surface area contributed by atoms with E-state index in [0.29, 0.717) is 0 Å². The van der Waals surface area contributed by atoms with Gasteiger partial charge in [0, 0.05) is 27.7 Å². The van der Waals surface area contributed by atoms with Crippen LogP contribution in [0.2, 0.25) is 0 Å². The second-order valence-electron chi connectivity index (χ2n) is 13.5. The first-order valence-electron chi connectivity index (χ1n) is 19.4. The topological polar surface area (TPSA) is 239 Å². The summed E-state index contributed by atoms with van der Waals surface area (Å²) in [5.74, 6) is -5.83. The maximum atomic E-state index is 15.0. The van der Waals surface area contributed by atoms with Crippen LogP contribution in [0.25, 0.3) is 0 Å². The molecule has 2 aromatic rings. The van der Waals surface area contributed by atoms with E-state index < -0.39 is 119 Å². The highest BCUT2D eigenvalue weighted by atomic mass is 31.1. The van der Waals surface area contributed by atoms with Gasteiger partial charge in [0.2, 0.25) is 0 Å². The Balaban J connectivity index is 0.00000130. The molecule has 2 saturated heterocycles. The number of carbonyl (C=O) groups excluding carboxylic acids is 6. The SMILES string of the molecule is CC(=O)OC[C@H]1O[C@@H](O[C@H]2[C@H](OC(=O)c3ccccc3)[C@H](OC(=O)c3ccccc3)[C@@H](O[P+](=O)[O-])O[C@@H]2CF)[C@H](OC(C)=O)[C@@H](OC(C)=O)[C@H]1OC(C)=O.CC[NH+](CC)CC. The van der Waals surface area contributed by atoms with Gasteiger partial charge >= 0.3 is 44.1 Å². The lowest BCUT2D eigenvalue weighted by atomic mass is 9.96. The Bertz CT molecular complexity index is 1760. The van der Waals surface area contributed by atoms with Gasteiger partial charge in [-0.1, -0.05) is 36.4 Å². The van der Waals surface area contributed by atoms with E-state index >= 15 is 0 Å². The molecule has 1 N–H and O–H groups in total. The molecule has 0 bridgehead atoms. The number of carbonyl (C=O) groups is 6. The van der Waals surface area contributed by atoms with E-state index in [2.05, 4.69) is 20.8 Å². The first-order chi connectivity index (χ1) is 29.0. The number of esters is 6. The third-order valence-corrected chi connectivity index (χ3v) is 9.56. The van der Waals surface area contributed by atoms with Gasteiger partial charge in [-0.05, 0) is 49.6 Å². The van der Waals surface area contributed by atoms with Crippen molar-refractivity contribution in [2.75, 3.05) is 32.9 Å². The third-order valence-electron chi connectivity index (χ3n) is 9.18. The van der Waals surface area contributed by atoms with Crippen LogP contribution in [0, 0.1) is 0 Å². The lowest BCUT2D eigenvalue weighted by Gasteiger charge is -2.48. The number of rotatable bonds is 17. The second kappa shape index (κ2) is 25.1. The number of ether oxygens (including phenoxy) is 9. The van der Waals surface area contributed by atoms with Crippen molar-refractivity contribution in [3.63, 3.8) is 0 Å². The molecule has 0 radical (unpaired) electrons. The molecular formula is C40H52FNO18P+. The van der Waals surface area contributed by atoms with Gasteiger partial charge in [-0.25, -0.2) is 14.0 Å². The molecule has 1 unspecified atom stereocenters. The van der Waals surface area contributed by atoms with Crippen LogP contribution in [0.4, 0.5) is 4.39 Å². The van der Waals surface area contributed by atoms with Gasteiger partial charge in [-0.3, -0.25) is 19.2 Å². The van der Waals surface area contributed by atoms with Crippen molar-refractivity contribution in [2.24, 2.45) is 0 Å². The summed E-state index contributed by atoms with van der Waals surface area (Å²) in [6, 6.07) is 14.6. The fraction of sp³-hybridized carbons (Fsp3) is 0.550. The minimum atomic E-state index is -3.76. The Labute approximate surface area is 352 Å². The Morgan fingerprint density at radius 3 is 1.46 bits per heavy atom. The van der Waals surface area contributed by atoms with Gasteiger partial charge in [0.15, 0.2) is 36.8 Å². The summed E-state index contributed by atoms with van der Waals surface area (Å²) < 4.78 is 82.0. The number of halogens is 1. The van der Waals surface area contributed by atoms with Crippen LogP contribution < -0.4 is 9.79 Å². The molecule has 11 atom stereocenters. The highest BCUT2D eigenvalue weighted by Crippen LogP contribution is 2.37. The molecule has 19 nitrogen and oxygen atoms in total. The number of nitrogens with one attached hydrogen (secondary N) is 1. The fourth-order valence-electron chi connectivity index (χ4n) is 6.33. The Morgan fingerprint density at radius 1 is 0.607 bits per heavy atom. The Kier molecular flexibility index (Phi) is 20.7. The van der Waals surface area contributed by atoms with Crippen LogP contribution in [-0.2, 0) is 70.9 Å². The van der Waals surface area contributed by atoms with Gasteiger partial charge in [0.25, 0.3) is 6.29 Å². The average molecular weight is 885 g/mol.